The van der Waals surface area contributed by atoms with Crippen molar-refractivity contribution in [2.24, 2.45) is 0 Å². The van der Waals surface area contributed by atoms with E-state index in [-0.39, 0.29) is 11.9 Å². The summed E-state index contributed by atoms with van der Waals surface area (Å²) in [5.41, 5.74) is 6.35. The summed E-state index contributed by atoms with van der Waals surface area (Å²) >= 11 is 0. The Hall–Kier alpha value is -3.61. The topological polar surface area (TPSA) is 76.5 Å². The van der Waals surface area contributed by atoms with Crippen molar-refractivity contribution in [2.75, 3.05) is 30.4 Å². The number of anilines is 2. The van der Waals surface area contributed by atoms with Crippen molar-refractivity contribution in [3.63, 3.8) is 0 Å². The predicted molar refractivity (Wildman–Crippen MR) is 138 cm³/mol. The van der Waals surface area contributed by atoms with Gasteiger partial charge in [0.25, 0.3) is 5.91 Å². The summed E-state index contributed by atoms with van der Waals surface area (Å²) in [7, 11) is 1.40. The molecule has 2 heterocycles. The van der Waals surface area contributed by atoms with Crippen LogP contribution in [0.3, 0.4) is 0 Å². The number of nitrogens with one attached hydrogen (secondary N) is 1. The summed E-state index contributed by atoms with van der Waals surface area (Å²) in [6, 6.07) is 15.5. The molecule has 0 radical (unpaired) electrons. The second kappa shape index (κ2) is 11.2. The quantitative estimate of drug-likeness (QED) is 0.475. The molecule has 7 heteroatoms. The van der Waals surface area contributed by atoms with E-state index in [0.29, 0.717) is 18.4 Å². The first-order chi connectivity index (χ1) is 17.0. The maximum Gasteiger partial charge on any atom is 0.305 e. The van der Waals surface area contributed by atoms with E-state index >= 15 is 0 Å². The van der Waals surface area contributed by atoms with Crippen molar-refractivity contribution in [2.45, 2.75) is 52.4 Å². The molecule has 3 aromatic rings. The van der Waals surface area contributed by atoms with Crippen LogP contribution in [0.4, 0.5) is 11.4 Å². The fourth-order valence-corrected chi connectivity index (χ4v) is 4.66. The molecule has 0 atom stereocenters. The van der Waals surface area contributed by atoms with E-state index in [2.05, 4.69) is 27.4 Å². The zero-order valence-corrected chi connectivity index (χ0v) is 20.8. The lowest BCUT2D eigenvalue weighted by Gasteiger charge is -2.22. The van der Waals surface area contributed by atoms with E-state index in [1.165, 1.54) is 38.5 Å². The maximum atomic E-state index is 12.8. The Kier molecular flexibility index (Phi) is 7.85. The van der Waals surface area contributed by atoms with Crippen LogP contribution in [0, 0.1) is 13.8 Å². The Labute approximate surface area is 207 Å². The van der Waals surface area contributed by atoms with E-state index in [1.807, 2.05) is 42.8 Å². The van der Waals surface area contributed by atoms with E-state index in [1.54, 1.807) is 12.1 Å². The molecule has 7 nitrogen and oxygen atoms in total. The molecule has 4 rings (SSSR count). The third-order valence-corrected chi connectivity index (χ3v) is 6.72. The van der Waals surface area contributed by atoms with Gasteiger partial charge in [0.1, 0.15) is 0 Å². The third-order valence-electron chi connectivity index (χ3n) is 6.72. The molecule has 1 aromatic heterocycles. The first-order valence-corrected chi connectivity index (χ1v) is 12.3. The zero-order chi connectivity index (χ0) is 24.8. The van der Waals surface area contributed by atoms with Crippen LogP contribution in [0.2, 0.25) is 0 Å². The lowest BCUT2D eigenvalue weighted by molar-refractivity contribution is -0.140. The number of hydrogen-bond donors (Lipinski definition) is 1. The van der Waals surface area contributed by atoms with E-state index in [0.717, 1.165) is 41.4 Å². The number of amides is 1. The largest absolute Gasteiger partial charge is 0.469 e. The normalized spacial score (nSPS) is 13.9. The minimum absolute atomic E-state index is 0.147. The van der Waals surface area contributed by atoms with Crippen LogP contribution in [-0.2, 0) is 16.0 Å². The van der Waals surface area contributed by atoms with E-state index < -0.39 is 0 Å². The van der Waals surface area contributed by atoms with Crippen molar-refractivity contribution in [1.29, 1.82) is 0 Å². The molecule has 0 unspecified atom stereocenters. The number of rotatable bonds is 7. The lowest BCUT2D eigenvalue weighted by atomic mass is 10.1. The summed E-state index contributed by atoms with van der Waals surface area (Å²) in [5.74, 6) is -0.380. The number of methoxy groups -OCH3 is 1. The van der Waals surface area contributed by atoms with E-state index in [4.69, 9.17) is 4.74 Å². The highest BCUT2D eigenvalue weighted by Gasteiger charge is 2.15. The Morgan fingerprint density at radius 3 is 2.17 bits per heavy atom. The minimum atomic E-state index is -0.233. The Balaban J connectivity index is 1.41. The van der Waals surface area contributed by atoms with Gasteiger partial charge in [0, 0.05) is 42.1 Å². The van der Waals surface area contributed by atoms with Gasteiger partial charge in [0.2, 0.25) is 0 Å². The van der Waals surface area contributed by atoms with Crippen LogP contribution < -0.4 is 10.2 Å². The Bertz CT molecular complexity index is 1160. The number of nitrogens with zero attached hydrogens (tertiary/aromatic N) is 3. The number of carbonyl (C=O) groups excluding carboxylic acids is 2. The van der Waals surface area contributed by atoms with Crippen LogP contribution in [0.25, 0.3) is 5.69 Å². The van der Waals surface area contributed by atoms with Gasteiger partial charge in [-0.15, -0.1) is 0 Å². The van der Waals surface area contributed by atoms with Crippen molar-refractivity contribution in [1.82, 2.24) is 9.78 Å². The lowest BCUT2D eigenvalue weighted by Crippen LogP contribution is -2.23. The van der Waals surface area contributed by atoms with Gasteiger partial charge in [-0.05, 0) is 87.2 Å². The fraction of sp³-hybridized carbons (Fsp3) is 0.393. The minimum Gasteiger partial charge on any atom is -0.469 e. The van der Waals surface area contributed by atoms with Gasteiger partial charge in [0.05, 0.1) is 18.5 Å². The SMILES string of the molecule is COC(=O)CCc1c(C)nn(-c2ccc(C(=O)Nc3ccc(N4CCCCCC4)cc3)cc2)c1C. The Morgan fingerprint density at radius 1 is 0.914 bits per heavy atom. The molecule has 1 fully saturated rings. The van der Waals surface area contributed by atoms with Crippen molar-refractivity contribution in [3.05, 3.63) is 71.0 Å². The predicted octanol–water partition coefficient (Wildman–Crippen LogP) is 5.23. The van der Waals surface area contributed by atoms with Crippen LogP contribution in [0.5, 0.6) is 0 Å². The number of esters is 1. The van der Waals surface area contributed by atoms with Crippen LogP contribution in [0.15, 0.2) is 48.5 Å². The molecule has 1 aliphatic heterocycles. The number of ether oxygens (including phenoxy) is 1. The molecule has 1 N–H and O–H groups in total. The summed E-state index contributed by atoms with van der Waals surface area (Å²) in [4.78, 5) is 26.8. The van der Waals surface area contributed by atoms with Gasteiger partial charge in [0.15, 0.2) is 0 Å². The molecule has 0 bridgehead atoms. The highest BCUT2D eigenvalue weighted by atomic mass is 16.5. The molecule has 0 saturated carbocycles. The monoisotopic (exact) mass is 474 g/mol. The van der Waals surface area contributed by atoms with Gasteiger partial charge < -0.3 is 15.0 Å². The highest BCUT2D eigenvalue weighted by Crippen LogP contribution is 2.23. The first kappa shape index (κ1) is 24.5. The first-order valence-electron chi connectivity index (χ1n) is 12.3. The van der Waals surface area contributed by atoms with Gasteiger partial charge in [-0.25, -0.2) is 4.68 Å². The average molecular weight is 475 g/mol. The number of benzene rings is 2. The highest BCUT2D eigenvalue weighted by molar-refractivity contribution is 6.04. The molecule has 2 aromatic carbocycles. The van der Waals surface area contributed by atoms with E-state index in [9.17, 15) is 9.59 Å². The third kappa shape index (κ3) is 5.91. The number of aryl methyl sites for hydroxylation is 1. The second-order valence-electron chi connectivity index (χ2n) is 9.09. The number of aromatic nitrogens is 2. The molecule has 0 spiro atoms. The number of hydrogen-bond acceptors (Lipinski definition) is 5. The maximum absolute atomic E-state index is 12.8. The summed E-state index contributed by atoms with van der Waals surface area (Å²) in [5, 5.41) is 7.63. The number of carbonyl (C=O) groups is 2. The molecule has 1 aliphatic rings. The summed E-state index contributed by atoms with van der Waals surface area (Å²) in [6.45, 7) is 6.12. The van der Waals surface area contributed by atoms with Crippen LogP contribution in [-0.4, -0.2) is 41.9 Å². The molecule has 184 valence electrons. The average Bonchev–Trinajstić information content (AvgIpc) is 3.04. The molecular formula is C28H34N4O3. The van der Waals surface area contributed by atoms with Crippen LogP contribution in [0.1, 0.15) is 59.4 Å². The van der Waals surface area contributed by atoms with Gasteiger partial charge in [-0.1, -0.05) is 12.8 Å². The van der Waals surface area contributed by atoms with Crippen molar-refractivity contribution in [3.8, 4) is 5.69 Å². The standard InChI is InChI=1S/C28H34N4O3/c1-20-26(16-17-27(33)35-3)21(2)32(30-20)25-12-8-22(9-13-25)28(34)29-23-10-14-24(15-11-23)31-18-6-4-5-7-19-31/h8-15H,4-7,16-19H2,1-3H3,(H,29,34). The summed E-state index contributed by atoms with van der Waals surface area (Å²) in [6.07, 6.45) is 5.99. The van der Waals surface area contributed by atoms with Gasteiger partial charge in [-0.3, -0.25) is 9.59 Å². The van der Waals surface area contributed by atoms with Gasteiger partial charge >= 0.3 is 5.97 Å². The molecular weight excluding hydrogens is 440 g/mol. The van der Waals surface area contributed by atoms with Gasteiger partial charge in [-0.2, -0.15) is 5.10 Å². The van der Waals surface area contributed by atoms with Crippen LogP contribution >= 0.6 is 0 Å². The van der Waals surface area contributed by atoms with Crippen molar-refractivity contribution < 1.29 is 14.3 Å². The second-order valence-corrected chi connectivity index (χ2v) is 9.09. The molecule has 1 amide bonds. The van der Waals surface area contributed by atoms with Crippen molar-refractivity contribution >= 4 is 23.3 Å². The molecule has 1 saturated heterocycles. The molecule has 35 heavy (non-hydrogen) atoms. The summed E-state index contributed by atoms with van der Waals surface area (Å²) < 4.78 is 6.61. The smallest absolute Gasteiger partial charge is 0.305 e. The zero-order valence-electron chi connectivity index (χ0n) is 20.8. The fourth-order valence-electron chi connectivity index (χ4n) is 4.66. The molecule has 0 aliphatic carbocycles. The Morgan fingerprint density at radius 2 is 1.54 bits per heavy atom.